The Bertz CT molecular complexity index is 131. The van der Waals surface area contributed by atoms with E-state index in [2.05, 4.69) is 31.8 Å². The minimum atomic E-state index is 0. The molecule has 0 aromatic heterocycles. The molecular formula is C10H19NaOS2. The Morgan fingerprint density at radius 2 is 1.57 bits per heavy atom. The molecule has 0 saturated carbocycles. The molecule has 78 valence electrons. The van der Waals surface area contributed by atoms with Crippen molar-refractivity contribution in [2.24, 2.45) is 0 Å². The summed E-state index contributed by atoms with van der Waals surface area (Å²) in [4.78, 5) is 0. The van der Waals surface area contributed by atoms with Gasteiger partial charge in [0.2, 0.25) is 0 Å². The van der Waals surface area contributed by atoms with E-state index in [9.17, 15) is 0 Å². The van der Waals surface area contributed by atoms with Gasteiger partial charge in [0.05, 0.1) is 6.61 Å². The van der Waals surface area contributed by atoms with E-state index in [0.717, 1.165) is 6.42 Å². The molecule has 0 aliphatic carbocycles. The Labute approximate surface area is 121 Å². The summed E-state index contributed by atoms with van der Waals surface area (Å²) in [5.41, 5.74) is 0. The Kier molecular flexibility index (Phi) is 17.6. The van der Waals surface area contributed by atoms with Gasteiger partial charge < -0.3 is 29.6 Å². The summed E-state index contributed by atoms with van der Waals surface area (Å²) >= 11 is 9.25. The van der Waals surface area contributed by atoms with Gasteiger partial charge in [0.25, 0.3) is 0 Å². The van der Waals surface area contributed by atoms with E-state index < -0.39 is 0 Å². The summed E-state index contributed by atoms with van der Waals surface area (Å²) in [5.74, 6) is 0. The van der Waals surface area contributed by atoms with Crippen LogP contribution in [0, 0.1) is 0 Å². The third kappa shape index (κ3) is 15.6. The molecule has 0 aromatic carbocycles. The first-order chi connectivity index (χ1) is 6.27. The van der Waals surface area contributed by atoms with Crippen molar-refractivity contribution in [3.63, 3.8) is 0 Å². The summed E-state index contributed by atoms with van der Waals surface area (Å²) in [6, 6.07) is 0. The van der Waals surface area contributed by atoms with Crippen LogP contribution in [0.25, 0.3) is 0 Å². The van der Waals surface area contributed by atoms with Crippen LogP contribution in [0.1, 0.15) is 51.9 Å². The molecule has 0 N–H and O–H groups in total. The first-order valence-electron chi connectivity index (χ1n) is 5.11. The topological polar surface area (TPSA) is 9.23 Å². The average Bonchev–Trinajstić information content (AvgIpc) is 2.09. The van der Waals surface area contributed by atoms with Crippen LogP contribution >= 0.6 is 12.2 Å². The zero-order valence-electron chi connectivity index (χ0n) is 9.38. The van der Waals surface area contributed by atoms with Gasteiger partial charge in [-0.05, 0) is 6.42 Å². The number of hydrogen-bond acceptors (Lipinski definition) is 3. The van der Waals surface area contributed by atoms with Gasteiger partial charge in [-0.3, -0.25) is 0 Å². The zero-order valence-corrected chi connectivity index (χ0v) is 13.0. The van der Waals surface area contributed by atoms with Gasteiger partial charge in [-0.15, -0.1) is 0 Å². The fourth-order valence-corrected chi connectivity index (χ4v) is 1.38. The van der Waals surface area contributed by atoms with Gasteiger partial charge >= 0.3 is 29.6 Å². The zero-order chi connectivity index (χ0) is 9.94. The molecule has 0 saturated heterocycles. The minimum Gasteiger partial charge on any atom is -0.514 e. The fraction of sp³-hybridized carbons (Fsp3) is 0.900. The second-order valence-corrected chi connectivity index (χ2v) is 4.22. The van der Waals surface area contributed by atoms with Crippen LogP contribution in [0.4, 0.5) is 0 Å². The second kappa shape index (κ2) is 14.1. The van der Waals surface area contributed by atoms with Crippen LogP contribution in [0.15, 0.2) is 0 Å². The number of rotatable bonds is 8. The molecule has 0 bridgehead atoms. The number of unbranched alkanes of at least 4 members (excludes halogenated alkanes) is 6. The van der Waals surface area contributed by atoms with E-state index in [-0.39, 0.29) is 33.9 Å². The van der Waals surface area contributed by atoms with Crippen molar-refractivity contribution in [3.05, 3.63) is 0 Å². The molecule has 0 fully saturated rings. The quantitative estimate of drug-likeness (QED) is 0.267. The van der Waals surface area contributed by atoms with Crippen LogP contribution in [-0.4, -0.2) is 11.0 Å². The largest absolute Gasteiger partial charge is 1.00 e. The summed E-state index contributed by atoms with van der Waals surface area (Å²) < 4.78 is 5.27. The van der Waals surface area contributed by atoms with Gasteiger partial charge in [0.15, 0.2) is 0 Å². The number of thiocarbonyl (C=S) groups is 1. The van der Waals surface area contributed by atoms with Crippen LogP contribution < -0.4 is 29.6 Å². The van der Waals surface area contributed by atoms with Crippen molar-refractivity contribution in [1.29, 1.82) is 0 Å². The molecule has 1 nitrogen and oxygen atoms in total. The van der Waals surface area contributed by atoms with E-state index in [4.69, 9.17) is 4.74 Å². The molecule has 0 aliphatic rings. The Hall–Kier alpha value is 1.11. The van der Waals surface area contributed by atoms with Crippen molar-refractivity contribution < 1.29 is 34.3 Å². The summed E-state index contributed by atoms with van der Waals surface area (Å²) in [6.07, 6.45) is 9.04. The van der Waals surface area contributed by atoms with Crippen LogP contribution in [0.3, 0.4) is 0 Å². The SMILES string of the molecule is CCCCCCCCCOC(=S)[S-].[Na+]. The standard InChI is InChI=1S/C10H20OS2.Na/c1-2-3-4-5-6-7-8-9-11-10(12)13;/h2-9H2,1H3,(H,12,13);/q;+1/p-1. The van der Waals surface area contributed by atoms with Crippen molar-refractivity contribution in [3.8, 4) is 0 Å². The Morgan fingerprint density at radius 1 is 1.07 bits per heavy atom. The maximum absolute atomic E-state index is 5.02. The predicted molar refractivity (Wildman–Crippen MR) is 63.9 cm³/mol. The summed E-state index contributed by atoms with van der Waals surface area (Å²) in [6.45, 7) is 2.94. The third-order valence-electron chi connectivity index (χ3n) is 1.97. The maximum Gasteiger partial charge on any atom is 1.00 e. The van der Waals surface area contributed by atoms with E-state index >= 15 is 0 Å². The molecule has 0 aliphatic heterocycles. The third-order valence-corrected chi connectivity index (χ3v) is 2.20. The Morgan fingerprint density at radius 3 is 2.07 bits per heavy atom. The first kappa shape index (κ1) is 17.5. The molecule has 14 heavy (non-hydrogen) atoms. The smallest absolute Gasteiger partial charge is 0.514 e. The van der Waals surface area contributed by atoms with E-state index in [1.54, 1.807) is 0 Å². The normalized spacial score (nSPS) is 9.21. The second-order valence-electron chi connectivity index (χ2n) is 3.22. The fourth-order valence-electron chi connectivity index (χ4n) is 1.21. The van der Waals surface area contributed by atoms with Gasteiger partial charge in [-0.25, -0.2) is 0 Å². The molecule has 0 aromatic rings. The van der Waals surface area contributed by atoms with E-state index in [0.29, 0.717) is 6.61 Å². The average molecular weight is 242 g/mol. The van der Waals surface area contributed by atoms with E-state index in [1.807, 2.05) is 0 Å². The summed E-state index contributed by atoms with van der Waals surface area (Å²) in [7, 11) is 0. The monoisotopic (exact) mass is 242 g/mol. The maximum atomic E-state index is 5.02. The molecule has 4 heteroatoms. The number of ether oxygens (including phenoxy) is 1. The van der Waals surface area contributed by atoms with Gasteiger partial charge in [0, 0.05) is 4.38 Å². The van der Waals surface area contributed by atoms with E-state index in [1.165, 1.54) is 38.5 Å². The van der Waals surface area contributed by atoms with Gasteiger partial charge in [-0.1, -0.05) is 45.4 Å². The molecule has 0 unspecified atom stereocenters. The number of hydrogen-bond donors (Lipinski definition) is 0. The van der Waals surface area contributed by atoms with Crippen LogP contribution in [0.5, 0.6) is 0 Å². The van der Waals surface area contributed by atoms with Gasteiger partial charge in [0.1, 0.15) is 0 Å². The van der Waals surface area contributed by atoms with Crippen molar-refractivity contribution in [1.82, 2.24) is 0 Å². The minimum absolute atomic E-state index is 0. The van der Waals surface area contributed by atoms with Crippen molar-refractivity contribution in [2.75, 3.05) is 6.61 Å². The van der Waals surface area contributed by atoms with Crippen LogP contribution in [-0.2, 0) is 17.4 Å². The molecular weight excluding hydrogens is 223 g/mol. The molecule has 0 spiro atoms. The van der Waals surface area contributed by atoms with Crippen LogP contribution in [0.2, 0.25) is 0 Å². The molecule has 0 amide bonds. The summed E-state index contributed by atoms with van der Waals surface area (Å²) in [5, 5.41) is 0. The van der Waals surface area contributed by atoms with Crippen molar-refractivity contribution >= 4 is 29.2 Å². The van der Waals surface area contributed by atoms with Gasteiger partial charge in [-0.2, -0.15) is 0 Å². The predicted octanol–water partition coefficient (Wildman–Crippen LogP) is 0.589. The molecule has 0 heterocycles. The van der Waals surface area contributed by atoms with Crippen molar-refractivity contribution in [2.45, 2.75) is 51.9 Å². The molecule has 0 rings (SSSR count). The Balaban J connectivity index is 0. The molecule has 0 radical (unpaired) electrons. The first-order valence-corrected chi connectivity index (χ1v) is 5.92. The molecule has 0 atom stereocenters.